The van der Waals surface area contributed by atoms with E-state index in [2.05, 4.69) is 62.2 Å². The quantitative estimate of drug-likeness (QED) is 0.354. The molecule has 0 spiro atoms. The number of nitrogens with one attached hydrogen (secondary N) is 1. The molecule has 0 radical (unpaired) electrons. The maximum absolute atomic E-state index is 13.0. The third-order valence-corrected chi connectivity index (χ3v) is 8.07. The van der Waals surface area contributed by atoms with Gasteiger partial charge >= 0.3 is 0 Å². The Morgan fingerprint density at radius 3 is 2.50 bits per heavy atom. The Morgan fingerprint density at radius 1 is 1.06 bits per heavy atom. The number of ether oxygens (including phenoxy) is 1. The number of amides is 1. The Kier molecular flexibility index (Phi) is 8.75. The summed E-state index contributed by atoms with van der Waals surface area (Å²) in [6, 6.07) is 18.5. The molecule has 34 heavy (non-hydrogen) atoms. The number of anilines is 1. The van der Waals surface area contributed by atoms with Crippen LogP contribution in [0.25, 0.3) is 10.8 Å². The van der Waals surface area contributed by atoms with Crippen LogP contribution in [0.1, 0.15) is 23.7 Å². The molecule has 1 aliphatic rings. The lowest BCUT2D eigenvalue weighted by molar-refractivity contribution is 0.0945. The smallest absolute Gasteiger partial charge is 0.255 e. The van der Waals surface area contributed by atoms with E-state index < -0.39 is 0 Å². The number of hydrogen-bond acceptors (Lipinski definition) is 5. The van der Waals surface area contributed by atoms with Gasteiger partial charge in [0.2, 0.25) is 0 Å². The number of thioether (sulfide) groups is 1. The zero-order valence-corrected chi connectivity index (χ0v) is 22.3. The summed E-state index contributed by atoms with van der Waals surface area (Å²) in [5, 5.41) is 5.05. The first-order valence-electron chi connectivity index (χ1n) is 11.8. The van der Waals surface area contributed by atoms with Gasteiger partial charge in [-0.3, -0.25) is 9.69 Å². The summed E-state index contributed by atoms with van der Waals surface area (Å²) < 4.78 is 6.51. The molecule has 0 bridgehead atoms. The second-order valence-corrected chi connectivity index (χ2v) is 10.4. The molecule has 0 unspecified atom stereocenters. The molecule has 0 aromatic heterocycles. The van der Waals surface area contributed by atoms with Crippen LogP contribution in [0.2, 0.25) is 0 Å². The molecule has 0 aliphatic carbocycles. The van der Waals surface area contributed by atoms with E-state index in [-0.39, 0.29) is 5.91 Å². The molecule has 1 amide bonds. The van der Waals surface area contributed by atoms with Crippen molar-refractivity contribution in [1.82, 2.24) is 10.2 Å². The average Bonchev–Trinajstić information content (AvgIpc) is 2.88. The lowest BCUT2D eigenvalue weighted by Gasteiger charge is -2.37. The molecule has 1 N–H and O–H groups in total. The summed E-state index contributed by atoms with van der Waals surface area (Å²) in [6.45, 7) is 7.66. The molecular weight excluding hydrogens is 510 g/mol. The van der Waals surface area contributed by atoms with Crippen LogP contribution >= 0.6 is 27.7 Å². The third-order valence-electron chi connectivity index (χ3n) is 6.15. The first-order chi connectivity index (χ1) is 16.6. The first kappa shape index (κ1) is 24.9. The predicted molar refractivity (Wildman–Crippen MR) is 147 cm³/mol. The van der Waals surface area contributed by atoms with Gasteiger partial charge in [-0.05, 0) is 35.8 Å². The minimum atomic E-state index is -0.108. The average molecular weight is 543 g/mol. The van der Waals surface area contributed by atoms with Crippen molar-refractivity contribution in [3.05, 3.63) is 64.6 Å². The highest BCUT2D eigenvalue weighted by atomic mass is 79.9. The molecule has 3 aromatic carbocycles. The van der Waals surface area contributed by atoms with Crippen LogP contribution < -0.4 is 15.0 Å². The zero-order valence-electron chi connectivity index (χ0n) is 19.9. The van der Waals surface area contributed by atoms with Gasteiger partial charge in [-0.15, -0.1) is 11.8 Å². The van der Waals surface area contributed by atoms with Crippen molar-refractivity contribution >= 4 is 50.1 Å². The molecule has 1 heterocycles. The number of benzene rings is 3. The standard InChI is InChI=1S/C27H32BrN3O2S/c1-3-18-34-25-11-7-6-10-24(25)31-16-14-30(15-17-31)13-12-29-27(32)22-19-23(28)20-8-4-5-9-21(20)26(22)33-2/h4-11,19H,3,12-18H2,1-2H3,(H,29,32). The Bertz CT molecular complexity index is 1130. The zero-order chi connectivity index (χ0) is 23.9. The van der Waals surface area contributed by atoms with E-state index in [1.807, 2.05) is 42.1 Å². The number of carbonyl (C=O) groups excluding carboxylic acids is 1. The van der Waals surface area contributed by atoms with E-state index in [0.717, 1.165) is 53.7 Å². The van der Waals surface area contributed by atoms with Crippen LogP contribution in [0.15, 0.2) is 64.0 Å². The van der Waals surface area contributed by atoms with Gasteiger partial charge in [-0.2, -0.15) is 0 Å². The predicted octanol–water partition coefficient (Wildman–Crippen LogP) is 5.67. The number of rotatable bonds is 9. The highest BCUT2D eigenvalue weighted by Crippen LogP contribution is 2.35. The summed E-state index contributed by atoms with van der Waals surface area (Å²) in [5.41, 5.74) is 1.90. The number of hydrogen-bond donors (Lipinski definition) is 1. The Balaban J connectivity index is 1.31. The van der Waals surface area contributed by atoms with Crippen LogP contribution in [0.3, 0.4) is 0 Å². The van der Waals surface area contributed by atoms with Gasteiger partial charge in [0.25, 0.3) is 5.91 Å². The molecule has 180 valence electrons. The number of nitrogens with zero attached hydrogens (tertiary/aromatic N) is 2. The minimum Gasteiger partial charge on any atom is -0.495 e. The van der Waals surface area contributed by atoms with Crippen LogP contribution in [-0.2, 0) is 0 Å². The minimum absolute atomic E-state index is 0.108. The summed E-state index contributed by atoms with van der Waals surface area (Å²) >= 11 is 5.55. The number of fused-ring (bicyclic) bond motifs is 1. The number of methoxy groups -OCH3 is 1. The third kappa shape index (κ3) is 5.70. The van der Waals surface area contributed by atoms with Crippen molar-refractivity contribution in [2.75, 3.05) is 57.0 Å². The lowest BCUT2D eigenvalue weighted by atomic mass is 10.0. The molecule has 3 aromatic rings. The Labute approximate surface area is 215 Å². The van der Waals surface area contributed by atoms with Crippen molar-refractivity contribution < 1.29 is 9.53 Å². The fraction of sp³-hybridized carbons (Fsp3) is 0.370. The molecule has 0 saturated carbocycles. The molecule has 7 heteroatoms. The van der Waals surface area contributed by atoms with Crippen LogP contribution in [0, 0.1) is 0 Å². The van der Waals surface area contributed by atoms with Crippen LogP contribution in [0.5, 0.6) is 5.75 Å². The van der Waals surface area contributed by atoms with Gasteiger partial charge in [-0.25, -0.2) is 0 Å². The summed E-state index contributed by atoms with van der Waals surface area (Å²) in [4.78, 5) is 19.3. The number of piperazine rings is 1. The van der Waals surface area contributed by atoms with Gasteiger partial charge in [0.15, 0.2) is 0 Å². The van der Waals surface area contributed by atoms with Crippen molar-refractivity contribution in [2.45, 2.75) is 18.2 Å². The van der Waals surface area contributed by atoms with E-state index in [4.69, 9.17) is 4.74 Å². The maximum atomic E-state index is 13.0. The van der Waals surface area contributed by atoms with Crippen LogP contribution in [-0.4, -0.2) is 62.9 Å². The second-order valence-electron chi connectivity index (χ2n) is 8.39. The van der Waals surface area contributed by atoms with E-state index in [1.165, 1.54) is 17.0 Å². The van der Waals surface area contributed by atoms with E-state index >= 15 is 0 Å². The topological polar surface area (TPSA) is 44.8 Å². The first-order valence-corrected chi connectivity index (χ1v) is 13.6. The van der Waals surface area contributed by atoms with Crippen molar-refractivity contribution in [3.63, 3.8) is 0 Å². The Hall–Kier alpha value is -2.22. The highest BCUT2D eigenvalue weighted by molar-refractivity contribution is 9.10. The van der Waals surface area contributed by atoms with Gasteiger partial charge in [0.05, 0.1) is 18.4 Å². The van der Waals surface area contributed by atoms with E-state index in [9.17, 15) is 4.79 Å². The fourth-order valence-corrected chi connectivity index (χ4v) is 5.90. The summed E-state index contributed by atoms with van der Waals surface area (Å²) in [5.74, 6) is 1.66. The van der Waals surface area contributed by atoms with Crippen molar-refractivity contribution in [2.24, 2.45) is 0 Å². The highest BCUT2D eigenvalue weighted by Gasteiger charge is 2.20. The normalized spacial score (nSPS) is 14.4. The molecular formula is C27H32BrN3O2S. The van der Waals surface area contributed by atoms with E-state index in [1.54, 1.807) is 7.11 Å². The van der Waals surface area contributed by atoms with E-state index in [0.29, 0.717) is 17.9 Å². The number of para-hydroxylation sites is 1. The SMILES string of the molecule is CCCSc1ccccc1N1CCN(CCNC(=O)c2cc(Br)c3ccccc3c2OC)CC1. The number of carbonyl (C=O) groups is 1. The molecule has 1 saturated heterocycles. The monoisotopic (exact) mass is 541 g/mol. The van der Waals surface area contributed by atoms with Crippen LogP contribution in [0.4, 0.5) is 5.69 Å². The second kappa shape index (κ2) is 12.0. The Morgan fingerprint density at radius 2 is 1.76 bits per heavy atom. The van der Waals surface area contributed by atoms with Gasteiger partial charge in [0, 0.05) is 54.0 Å². The number of halogens is 1. The van der Waals surface area contributed by atoms with Gasteiger partial charge in [0.1, 0.15) is 5.75 Å². The summed E-state index contributed by atoms with van der Waals surface area (Å²) in [7, 11) is 1.62. The lowest BCUT2D eigenvalue weighted by Crippen LogP contribution is -2.48. The van der Waals surface area contributed by atoms with Crippen molar-refractivity contribution in [1.29, 1.82) is 0 Å². The van der Waals surface area contributed by atoms with Crippen molar-refractivity contribution in [3.8, 4) is 5.75 Å². The van der Waals surface area contributed by atoms with Gasteiger partial charge < -0.3 is 15.0 Å². The molecule has 5 nitrogen and oxygen atoms in total. The molecule has 4 rings (SSSR count). The molecule has 1 fully saturated rings. The summed E-state index contributed by atoms with van der Waals surface area (Å²) in [6.07, 6.45) is 1.18. The molecule has 0 atom stereocenters. The van der Waals surface area contributed by atoms with Gasteiger partial charge in [-0.1, -0.05) is 59.3 Å². The fourth-order valence-electron chi connectivity index (χ4n) is 4.38. The largest absolute Gasteiger partial charge is 0.495 e. The molecule has 1 aliphatic heterocycles. The maximum Gasteiger partial charge on any atom is 0.255 e.